The predicted octanol–water partition coefficient (Wildman–Crippen LogP) is 2.61. The third-order valence-electron chi connectivity index (χ3n) is 4.03. The second-order valence-corrected chi connectivity index (χ2v) is 6.91. The Morgan fingerprint density at radius 1 is 1.57 bits per heavy atom. The van der Waals surface area contributed by atoms with Crippen molar-refractivity contribution in [3.05, 3.63) is 32.9 Å². The minimum atomic E-state index is -0.609. The van der Waals surface area contributed by atoms with Crippen LogP contribution in [0.3, 0.4) is 0 Å². The molecule has 0 bridgehead atoms. The standard InChI is InChI=1S/C16H18N2O4S/c1-4-22-15(20)9-7-18-10(8(2)3)6-13-14(17-16(21)23-13)11(18)5-12(9)19/h5,7-8,10H,4,6H2,1-3H3,(H,17,21). The average molecular weight is 334 g/mol. The average Bonchev–Trinajstić information content (AvgIpc) is 2.86. The Balaban J connectivity index is 2.21. The van der Waals surface area contributed by atoms with E-state index in [0.29, 0.717) is 23.7 Å². The highest BCUT2D eigenvalue weighted by molar-refractivity contribution is 7.13. The third kappa shape index (κ3) is 2.65. The normalized spacial score (nSPS) is 16.1. The summed E-state index contributed by atoms with van der Waals surface area (Å²) < 4.78 is 6.88. The van der Waals surface area contributed by atoms with Gasteiger partial charge in [0.1, 0.15) is 11.3 Å². The van der Waals surface area contributed by atoms with Crippen molar-refractivity contribution in [2.24, 2.45) is 5.92 Å². The van der Waals surface area contributed by atoms with Gasteiger partial charge in [0.05, 0.1) is 12.3 Å². The molecule has 1 aliphatic rings. The molecule has 0 saturated carbocycles. The van der Waals surface area contributed by atoms with Gasteiger partial charge in [-0.1, -0.05) is 25.2 Å². The van der Waals surface area contributed by atoms with Crippen LogP contribution in [0.15, 0.2) is 17.1 Å². The van der Waals surface area contributed by atoms with Crippen molar-refractivity contribution in [3.63, 3.8) is 0 Å². The van der Waals surface area contributed by atoms with E-state index in [1.807, 2.05) is 4.57 Å². The lowest BCUT2D eigenvalue weighted by Crippen LogP contribution is -2.28. The maximum atomic E-state index is 12.3. The van der Waals surface area contributed by atoms with E-state index in [1.54, 1.807) is 13.1 Å². The van der Waals surface area contributed by atoms with Crippen LogP contribution in [0.2, 0.25) is 0 Å². The van der Waals surface area contributed by atoms with Gasteiger partial charge in [-0.25, -0.2) is 9.78 Å². The SMILES string of the molecule is CCOC(=O)c1cn2c(cc1=O)-c1nc(O)sc1CC2C(C)C. The number of aromatic hydroxyl groups is 1. The molecule has 0 saturated heterocycles. The Morgan fingerprint density at radius 2 is 2.30 bits per heavy atom. The van der Waals surface area contributed by atoms with E-state index in [-0.39, 0.29) is 23.4 Å². The summed E-state index contributed by atoms with van der Waals surface area (Å²) in [5.41, 5.74) is 0.901. The summed E-state index contributed by atoms with van der Waals surface area (Å²) in [6.07, 6.45) is 2.28. The number of carbonyl (C=O) groups excluding carboxylic acids is 1. The molecule has 0 aromatic carbocycles. The quantitative estimate of drug-likeness (QED) is 0.873. The number of hydrogen-bond acceptors (Lipinski definition) is 6. The van der Waals surface area contributed by atoms with E-state index < -0.39 is 11.4 Å². The monoisotopic (exact) mass is 334 g/mol. The lowest BCUT2D eigenvalue weighted by Gasteiger charge is -2.30. The molecule has 7 heteroatoms. The minimum Gasteiger partial charge on any atom is -0.486 e. The highest BCUT2D eigenvalue weighted by Crippen LogP contribution is 2.41. The van der Waals surface area contributed by atoms with Gasteiger partial charge in [0.25, 0.3) is 5.19 Å². The van der Waals surface area contributed by atoms with Crippen LogP contribution in [0.4, 0.5) is 0 Å². The van der Waals surface area contributed by atoms with Crippen LogP contribution in [-0.4, -0.2) is 27.2 Å². The maximum absolute atomic E-state index is 12.3. The number of carbonyl (C=O) groups is 1. The van der Waals surface area contributed by atoms with Crippen molar-refractivity contribution < 1.29 is 14.6 Å². The number of aromatic nitrogens is 2. The fourth-order valence-corrected chi connectivity index (χ4v) is 3.76. The number of nitrogens with zero attached hydrogens (tertiary/aromatic N) is 2. The number of hydrogen-bond donors (Lipinski definition) is 1. The van der Waals surface area contributed by atoms with E-state index in [0.717, 1.165) is 4.88 Å². The summed E-state index contributed by atoms with van der Waals surface area (Å²) in [4.78, 5) is 29.4. The molecule has 0 fully saturated rings. The number of fused-ring (bicyclic) bond motifs is 3. The number of rotatable bonds is 3. The van der Waals surface area contributed by atoms with E-state index in [2.05, 4.69) is 18.8 Å². The number of thiazole rings is 1. The zero-order valence-corrected chi connectivity index (χ0v) is 14.0. The Labute approximate surface area is 137 Å². The van der Waals surface area contributed by atoms with Crippen molar-refractivity contribution in [1.29, 1.82) is 0 Å². The van der Waals surface area contributed by atoms with Gasteiger partial charge < -0.3 is 14.4 Å². The van der Waals surface area contributed by atoms with Crippen LogP contribution in [0, 0.1) is 5.92 Å². The van der Waals surface area contributed by atoms with Crippen molar-refractivity contribution in [1.82, 2.24) is 9.55 Å². The molecule has 1 aliphatic heterocycles. The van der Waals surface area contributed by atoms with Gasteiger partial charge in [-0.2, -0.15) is 0 Å². The van der Waals surface area contributed by atoms with Crippen LogP contribution >= 0.6 is 11.3 Å². The summed E-state index contributed by atoms with van der Waals surface area (Å²) >= 11 is 1.24. The fraction of sp³-hybridized carbons (Fsp3) is 0.438. The lowest BCUT2D eigenvalue weighted by atomic mass is 9.94. The molecule has 2 aromatic rings. The molecule has 0 spiro atoms. The summed E-state index contributed by atoms with van der Waals surface area (Å²) in [6, 6.07) is 1.50. The highest BCUT2D eigenvalue weighted by Gasteiger charge is 2.30. The summed E-state index contributed by atoms with van der Waals surface area (Å²) in [5.74, 6) is -0.314. The number of ether oxygens (including phenoxy) is 1. The first kappa shape index (κ1) is 15.7. The third-order valence-corrected chi connectivity index (χ3v) is 4.91. The largest absolute Gasteiger partial charge is 0.486 e. The number of esters is 1. The van der Waals surface area contributed by atoms with Crippen LogP contribution in [-0.2, 0) is 11.2 Å². The van der Waals surface area contributed by atoms with Crippen molar-refractivity contribution in [2.75, 3.05) is 6.61 Å². The first-order valence-corrected chi connectivity index (χ1v) is 8.36. The first-order chi connectivity index (χ1) is 10.9. The van der Waals surface area contributed by atoms with Gasteiger partial charge in [-0.3, -0.25) is 4.79 Å². The molecule has 0 aliphatic carbocycles. The molecule has 3 rings (SSSR count). The van der Waals surface area contributed by atoms with Crippen LogP contribution < -0.4 is 5.43 Å². The van der Waals surface area contributed by atoms with E-state index in [4.69, 9.17) is 4.74 Å². The Hall–Kier alpha value is -2.15. The molecular weight excluding hydrogens is 316 g/mol. The second-order valence-electron chi connectivity index (χ2n) is 5.85. The van der Waals surface area contributed by atoms with E-state index in [1.165, 1.54) is 17.4 Å². The zero-order valence-electron chi connectivity index (χ0n) is 13.2. The molecule has 0 radical (unpaired) electrons. The fourth-order valence-electron chi connectivity index (χ4n) is 2.90. The molecule has 23 heavy (non-hydrogen) atoms. The number of pyridine rings is 1. The van der Waals surface area contributed by atoms with Crippen LogP contribution in [0.1, 0.15) is 42.0 Å². The molecule has 1 unspecified atom stereocenters. The molecule has 0 amide bonds. The van der Waals surface area contributed by atoms with Gasteiger partial charge in [-0.15, -0.1) is 0 Å². The van der Waals surface area contributed by atoms with Gasteiger partial charge in [0.15, 0.2) is 5.43 Å². The lowest BCUT2D eigenvalue weighted by molar-refractivity contribution is 0.0523. The van der Waals surface area contributed by atoms with Gasteiger partial charge in [-0.05, 0) is 12.8 Å². The van der Waals surface area contributed by atoms with Crippen LogP contribution in [0.25, 0.3) is 11.4 Å². The minimum absolute atomic E-state index is 0.00660. The first-order valence-electron chi connectivity index (χ1n) is 7.54. The summed E-state index contributed by atoms with van der Waals surface area (Å²) in [6.45, 7) is 6.10. The Bertz CT molecular complexity index is 822. The molecule has 6 nitrogen and oxygen atoms in total. The maximum Gasteiger partial charge on any atom is 0.343 e. The molecule has 122 valence electrons. The van der Waals surface area contributed by atoms with Crippen LogP contribution in [0.5, 0.6) is 5.19 Å². The van der Waals surface area contributed by atoms with Gasteiger partial charge in [0.2, 0.25) is 0 Å². The molecule has 2 aromatic heterocycles. The second kappa shape index (κ2) is 5.81. The van der Waals surface area contributed by atoms with Crippen molar-refractivity contribution in [3.8, 4) is 16.6 Å². The van der Waals surface area contributed by atoms with Crippen molar-refractivity contribution in [2.45, 2.75) is 33.2 Å². The smallest absolute Gasteiger partial charge is 0.343 e. The Morgan fingerprint density at radius 3 is 2.96 bits per heavy atom. The van der Waals surface area contributed by atoms with E-state index in [9.17, 15) is 14.7 Å². The predicted molar refractivity (Wildman–Crippen MR) is 87.0 cm³/mol. The van der Waals surface area contributed by atoms with Gasteiger partial charge in [0, 0.05) is 29.6 Å². The van der Waals surface area contributed by atoms with Crippen molar-refractivity contribution >= 4 is 17.3 Å². The summed E-state index contributed by atoms with van der Waals surface area (Å²) in [5, 5.41) is 9.70. The highest BCUT2D eigenvalue weighted by atomic mass is 32.1. The summed E-state index contributed by atoms with van der Waals surface area (Å²) in [7, 11) is 0. The molecular formula is C16H18N2O4S. The topological polar surface area (TPSA) is 81.4 Å². The molecule has 1 atom stereocenters. The Kier molecular flexibility index (Phi) is 3.97. The van der Waals surface area contributed by atoms with Gasteiger partial charge >= 0.3 is 5.97 Å². The van der Waals surface area contributed by atoms with E-state index >= 15 is 0 Å². The molecule has 3 heterocycles. The molecule has 1 N–H and O–H groups in total. The zero-order chi connectivity index (χ0) is 16.7.